The van der Waals surface area contributed by atoms with Crippen molar-refractivity contribution in [3.05, 3.63) is 0 Å². The molecule has 92 valence electrons. The Balaban J connectivity index is 2.39. The number of aliphatic hydroxyl groups is 1. The fourth-order valence-electron chi connectivity index (χ4n) is 1.77. The number of nitrogens with one attached hydrogen (secondary N) is 1. The Morgan fingerprint density at radius 3 is 3.00 bits per heavy atom. The third kappa shape index (κ3) is 4.18. The smallest absolute Gasteiger partial charge is 0.239 e. The summed E-state index contributed by atoms with van der Waals surface area (Å²) in [5, 5.41) is 11.1. The van der Waals surface area contributed by atoms with Gasteiger partial charge in [0, 0.05) is 19.5 Å². The second-order valence-electron chi connectivity index (χ2n) is 4.32. The number of hydrogen-bond acceptors (Lipinski definition) is 3. The quantitative estimate of drug-likeness (QED) is 0.696. The summed E-state index contributed by atoms with van der Waals surface area (Å²) in [6, 6.07) is 0. The van der Waals surface area contributed by atoms with Crippen molar-refractivity contribution in [3.63, 3.8) is 0 Å². The topological polar surface area (TPSA) is 69.6 Å². The number of hydrogen-bond donors (Lipinski definition) is 2. The standard InChI is InChI=1S/C11H20N2O3/c1-9-2-3-11(16)13(6-4-9)8-10(15)12-5-7-14/h9,14H,2-8H2,1H3,(H,12,15). The number of carbonyl (C=O) groups is 2. The lowest BCUT2D eigenvalue weighted by atomic mass is 10.0. The van der Waals surface area contributed by atoms with Gasteiger partial charge in [-0.15, -0.1) is 0 Å². The van der Waals surface area contributed by atoms with Crippen LogP contribution in [0.4, 0.5) is 0 Å². The van der Waals surface area contributed by atoms with Crippen molar-refractivity contribution in [2.45, 2.75) is 26.2 Å². The summed E-state index contributed by atoms with van der Waals surface area (Å²) in [7, 11) is 0. The Morgan fingerprint density at radius 1 is 1.56 bits per heavy atom. The van der Waals surface area contributed by atoms with E-state index in [1.54, 1.807) is 4.90 Å². The molecule has 0 radical (unpaired) electrons. The Hall–Kier alpha value is -1.10. The molecule has 1 atom stereocenters. The van der Waals surface area contributed by atoms with Crippen LogP contribution in [0.3, 0.4) is 0 Å². The summed E-state index contributed by atoms with van der Waals surface area (Å²) in [6.45, 7) is 3.08. The van der Waals surface area contributed by atoms with Gasteiger partial charge in [-0.05, 0) is 18.8 Å². The summed E-state index contributed by atoms with van der Waals surface area (Å²) in [5.74, 6) is 0.412. The molecular weight excluding hydrogens is 208 g/mol. The van der Waals surface area contributed by atoms with Gasteiger partial charge in [0.15, 0.2) is 0 Å². The van der Waals surface area contributed by atoms with Crippen LogP contribution < -0.4 is 5.32 Å². The molecule has 1 aliphatic rings. The summed E-state index contributed by atoms with van der Waals surface area (Å²) in [5.41, 5.74) is 0. The van der Waals surface area contributed by atoms with Crippen molar-refractivity contribution < 1.29 is 14.7 Å². The second kappa shape index (κ2) is 6.48. The van der Waals surface area contributed by atoms with Crippen LogP contribution in [0.5, 0.6) is 0 Å². The van der Waals surface area contributed by atoms with E-state index in [9.17, 15) is 9.59 Å². The molecule has 0 aromatic heterocycles. The zero-order chi connectivity index (χ0) is 12.0. The maximum absolute atomic E-state index is 11.7. The lowest BCUT2D eigenvalue weighted by Gasteiger charge is -2.19. The normalized spacial score (nSPS) is 21.8. The second-order valence-corrected chi connectivity index (χ2v) is 4.32. The van der Waals surface area contributed by atoms with E-state index >= 15 is 0 Å². The van der Waals surface area contributed by atoms with Crippen molar-refractivity contribution in [3.8, 4) is 0 Å². The minimum atomic E-state index is -0.197. The molecule has 1 aliphatic heterocycles. The molecule has 1 saturated heterocycles. The van der Waals surface area contributed by atoms with E-state index in [0.29, 0.717) is 18.9 Å². The van der Waals surface area contributed by atoms with Gasteiger partial charge in [-0.1, -0.05) is 6.92 Å². The maximum atomic E-state index is 11.7. The van der Waals surface area contributed by atoms with Crippen LogP contribution in [0, 0.1) is 5.92 Å². The summed E-state index contributed by atoms with van der Waals surface area (Å²) >= 11 is 0. The average Bonchev–Trinajstić information content (AvgIpc) is 2.41. The molecule has 2 amide bonds. The van der Waals surface area contributed by atoms with Gasteiger partial charge < -0.3 is 15.3 Å². The van der Waals surface area contributed by atoms with Gasteiger partial charge in [0.2, 0.25) is 11.8 Å². The molecule has 1 heterocycles. The number of nitrogens with zero attached hydrogens (tertiary/aromatic N) is 1. The molecule has 0 spiro atoms. The lowest BCUT2D eigenvalue weighted by Crippen LogP contribution is -2.41. The van der Waals surface area contributed by atoms with E-state index in [0.717, 1.165) is 12.8 Å². The average molecular weight is 228 g/mol. The first-order chi connectivity index (χ1) is 7.63. The summed E-state index contributed by atoms with van der Waals surface area (Å²) < 4.78 is 0. The van der Waals surface area contributed by atoms with Gasteiger partial charge in [0.05, 0.1) is 13.2 Å². The Kier molecular flexibility index (Phi) is 5.25. The molecule has 2 N–H and O–H groups in total. The molecule has 5 heteroatoms. The largest absolute Gasteiger partial charge is 0.395 e. The van der Waals surface area contributed by atoms with Crippen molar-refractivity contribution in [1.29, 1.82) is 0 Å². The van der Waals surface area contributed by atoms with Gasteiger partial charge >= 0.3 is 0 Å². The first-order valence-corrected chi connectivity index (χ1v) is 5.79. The molecule has 0 saturated carbocycles. The van der Waals surface area contributed by atoms with Gasteiger partial charge in [-0.3, -0.25) is 9.59 Å². The number of rotatable bonds is 4. The van der Waals surface area contributed by atoms with Crippen molar-refractivity contribution in [2.24, 2.45) is 5.92 Å². The minimum Gasteiger partial charge on any atom is -0.395 e. The maximum Gasteiger partial charge on any atom is 0.239 e. The van der Waals surface area contributed by atoms with Gasteiger partial charge in [-0.25, -0.2) is 0 Å². The molecular formula is C11H20N2O3. The van der Waals surface area contributed by atoms with E-state index < -0.39 is 0 Å². The molecule has 0 aromatic rings. The molecule has 5 nitrogen and oxygen atoms in total. The fraction of sp³-hybridized carbons (Fsp3) is 0.818. The molecule has 0 aliphatic carbocycles. The molecule has 16 heavy (non-hydrogen) atoms. The number of aliphatic hydroxyl groups excluding tert-OH is 1. The van der Waals surface area contributed by atoms with E-state index in [1.807, 2.05) is 0 Å². The SMILES string of the molecule is CC1CCC(=O)N(CC(=O)NCCO)CC1. The van der Waals surface area contributed by atoms with Gasteiger partial charge in [0.1, 0.15) is 0 Å². The molecule has 1 rings (SSSR count). The predicted molar refractivity (Wildman–Crippen MR) is 59.7 cm³/mol. The van der Waals surface area contributed by atoms with Crippen LogP contribution in [0.25, 0.3) is 0 Å². The monoisotopic (exact) mass is 228 g/mol. The highest BCUT2D eigenvalue weighted by Crippen LogP contribution is 2.16. The highest BCUT2D eigenvalue weighted by molar-refractivity contribution is 5.84. The Morgan fingerprint density at radius 2 is 2.31 bits per heavy atom. The van der Waals surface area contributed by atoms with Crippen LogP contribution in [-0.2, 0) is 9.59 Å². The molecule has 0 aromatic carbocycles. The van der Waals surface area contributed by atoms with E-state index in [2.05, 4.69) is 12.2 Å². The van der Waals surface area contributed by atoms with Crippen molar-refractivity contribution in [1.82, 2.24) is 10.2 Å². The number of likely N-dealkylation sites (tertiary alicyclic amines) is 1. The zero-order valence-corrected chi connectivity index (χ0v) is 9.74. The van der Waals surface area contributed by atoms with Crippen molar-refractivity contribution >= 4 is 11.8 Å². The highest BCUT2D eigenvalue weighted by Gasteiger charge is 2.21. The van der Waals surface area contributed by atoms with Crippen molar-refractivity contribution in [2.75, 3.05) is 26.2 Å². The van der Waals surface area contributed by atoms with E-state index in [-0.39, 0.29) is 31.5 Å². The highest BCUT2D eigenvalue weighted by atomic mass is 16.3. The van der Waals surface area contributed by atoms with E-state index in [4.69, 9.17) is 5.11 Å². The van der Waals surface area contributed by atoms with Gasteiger partial charge in [-0.2, -0.15) is 0 Å². The Bertz CT molecular complexity index is 256. The molecule has 1 fully saturated rings. The van der Waals surface area contributed by atoms with Crippen LogP contribution >= 0.6 is 0 Å². The van der Waals surface area contributed by atoms with Crippen LogP contribution in [0.1, 0.15) is 26.2 Å². The van der Waals surface area contributed by atoms with E-state index in [1.165, 1.54) is 0 Å². The van der Waals surface area contributed by atoms with Gasteiger partial charge in [0.25, 0.3) is 0 Å². The number of amides is 2. The minimum absolute atomic E-state index is 0.0588. The Labute approximate surface area is 95.8 Å². The molecule has 1 unspecified atom stereocenters. The summed E-state index contributed by atoms with van der Waals surface area (Å²) in [4.78, 5) is 24.7. The van der Waals surface area contributed by atoms with Crippen LogP contribution in [-0.4, -0.2) is 48.1 Å². The molecule has 0 bridgehead atoms. The third-order valence-corrected chi connectivity index (χ3v) is 2.86. The summed E-state index contributed by atoms with van der Waals surface area (Å²) in [6.07, 6.45) is 2.40. The zero-order valence-electron chi connectivity index (χ0n) is 9.74. The van der Waals surface area contributed by atoms with Crippen LogP contribution in [0.2, 0.25) is 0 Å². The predicted octanol–water partition coefficient (Wildman–Crippen LogP) is -0.256. The first kappa shape index (κ1) is 13.0. The number of carbonyl (C=O) groups excluding carboxylic acids is 2. The first-order valence-electron chi connectivity index (χ1n) is 5.79. The third-order valence-electron chi connectivity index (χ3n) is 2.86. The van der Waals surface area contributed by atoms with Crippen LogP contribution in [0.15, 0.2) is 0 Å². The fourth-order valence-corrected chi connectivity index (χ4v) is 1.77. The lowest BCUT2D eigenvalue weighted by molar-refractivity contribution is -0.135.